The molecular formula is C15H17F3N2O2. The Morgan fingerprint density at radius 2 is 1.86 bits per heavy atom. The van der Waals surface area contributed by atoms with Gasteiger partial charge in [-0.1, -0.05) is 26.0 Å². The second-order valence-corrected chi connectivity index (χ2v) is 5.72. The highest BCUT2D eigenvalue weighted by atomic mass is 19.4. The van der Waals surface area contributed by atoms with Gasteiger partial charge in [-0.2, -0.15) is 23.3 Å². The largest absolute Gasteiger partial charge is 0.438 e. The monoisotopic (exact) mass is 314 g/mol. The first-order valence-electron chi connectivity index (χ1n) is 6.84. The highest BCUT2D eigenvalue weighted by molar-refractivity contribution is 5.97. The molecule has 1 aliphatic heterocycles. The first-order valence-corrected chi connectivity index (χ1v) is 6.84. The summed E-state index contributed by atoms with van der Waals surface area (Å²) in [5.74, 6) is -0.740. The molecule has 0 bridgehead atoms. The summed E-state index contributed by atoms with van der Waals surface area (Å²) < 4.78 is 39.3. The number of hydrazone groups is 1. The van der Waals surface area contributed by atoms with Crippen LogP contribution in [0.5, 0.6) is 0 Å². The average Bonchev–Trinajstić information content (AvgIpc) is 2.74. The molecule has 0 saturated heterocycles. The van der Waals surface area contributed by atoms with Gasteiger partial charge in [0, 0.05) is 17.7 Å². The Morgan fingerprint density at radius 1 is 1.32 bits per heavy atom. The molecule has 0 aliphatic carbocycles. The fraction of sp³-hybridized carbons (Fsp3) is 0.467. The summed E-state index contributed by atoms with van der Waals surface area (Å²) in [6.07, 6.45) is -5.73. The molecule has 1 atom stereocenters. The summed E-state index contributed by atoms with van der Waals surface area (Å²) in [5.41, 5.74) is -2.23. The molecule has 0 aromatic heterocycles. The predicted molar refractivity (Wildman–Crippen MR) is 75.4 cm³/mol. The lowest BCUT2D eigenvalue weighted by molar-refractivity contribution is -0.297. The van der Waals surface area contributed by atoms with Crippen molar-refractivity contribution in [2.45, 2.75) is 45.0 Å². The fourth-order valence-electron chi connectivity index (χ4n) is 2.29. The molecule has 1 aromatic carbocycles. The van der Waals surface area contributed by atoms with E-state index in [1.807, 2.05) is 13.8 Å². The first kappa shape index (κ1) is 16.5. The fourth-order valence-corrected chi connectivity index (χ4v) is 2.29. The topological polar surface area (TPSA) is 52.9 Å². The van der Waals surface area contributed by atoms with Crippen molar-refractivity contribution >= 4 is 11.6 Å². The van der Waals surface area contributed by atoms with Gasteiger partial charge in [0.2, 0.25) is 0 Å². The van der Waals surface area contributed by atoms with Gasteiger partial charge in [0.05, 0.1) is 0 Å². The Labute approximate surface area is 126 Å². The molecule has 0 unspecified atom stereocenters. The van der Waals surface area contributed by atoms with Crippen molar-refractivity contribution in [1.82, 2.24) is 5.01 Å². The third kappa shape index (κ3) is 2.72. The van der Waals surface area contributed by atoms with Gasteiger partial charge in [0.1, 0.15) is 0 Å². The maximum Gasteiger partial charge on any atom is 0.438 e. The molecule has 22 heavy (non-hydrogen) atoms. The van der Waals surface area contributed by atoms with Crippen molar-refractivity contribution in [3.8, 4) is 0 Å². The van der Waals surface area contributed by atoms with E-state index in [0.29, 0.717) is 0 Å². The molecule has 2 rings (SSSR count). The molecule has 1 aliphatic rings. The third-order valence-corrected chi connectivity index (χ3v) is 3.59. The van der Waals surface area contributed by atoms with Crippen LogP contribution in [0.1, 0.15) is 49.0 Å². The van der Waals surface area contributed by atoms with Gasteiger partial charge < -0.3 is 5.11 Å². The van der Waals surface area contributed by atoms with E-state index in [4.69, 9.17) is 0 Å². The Bertz CT molecular complexity index is 608. The van der Waals surface area contributed by atoms with Gasteiger partial charge in [0.15, 0.2) is 0 Å². The van der Waals surface area contributed by atoms with E-state index in [9.17, 15) is 23.1 Å². The summed E-state index contributed by atoms with van der Waals surface area (Å²) in [6, 6.07) is 6.24. The highest BCUT2D eigenvalue weighted by Crippen LogP contribution is 2.40. The summed E-state index contributed by atoms with van der Waals surface area (Å²) in [5, 5.41) is 13.6. The van der Waals surface area contributed by atoms with E-state index in [-0.39, 0.29) is 22.2 Å². The standard InChI is InChI=1S/C15H17F3N2O2/c1-9(2)11-4-6-12(7-5-11)13(21)20-14(22,15(16,17)18)8-10(3)19-20/h4-7,9,22H,8H2,1-3H3/t14-/m1/s1. The normalized spacial score (nSPS) is 22.2. The van der Waals surface area contributed by atoms with Crippen LogP contribution >= 0.6 is 0 Å². The summed E-state index contributed by atoms with van der Waals surface area (Å²) in [6.45, 7) is 5.27. The molecule has 7 heteroatoms. The van der Waals surface area contributed by atoms with E-state index in [1.54, 1.807) is 12.1 Å². The third-order valence-electron chi connectivity index (χ3n) is 3.59. The molecule has 0 fully saturated rings. The minimum absolute atomic E-state index is 0.0468. The summed E-state index contributed by atoms with van der Waals surface area (Å²) in [7, 11) is 0. The Morgan fingerprint density at radius 3 is 2.32 bits per heavy atom. The van der Waals surface area contributed by atoms with E-state index in [2.05, 4.69) is 5.10 Å². The molecule has 0 spiro atoms. The van der Waals surface area contributed by atoms with Crippen LogP contribution in [0.3, 0.4) is 0 Å². The van der Waals surface area contributed by atoms with Crippen molar-refractivity contribution in [3.63, 3.8) is 0 Å². The van der Waals surface area contributed by atoms with Crippen molar-refractivity contribution in [2.24, 2.45) is 5.10 Å². The number of alkyl halides is 3. The van der Waals surface area contributed by atoms with Gasteiger partial charge in [-0.25, -0.2) is 0 Å². The minimum atomic E-state index is -4.98. The van der Waals surface area contributed by atoms with Crippen LogP contribution in [0.15, 0.2) is 29.4 Å². The van der Waals surface area contributed by atoms with Crippen molar-refractivity contribution in [3.05, 3.63) is 35.4 Å². The number of carbonyl (C=O) groups excluding carboxylic acids is 1. The Balaban J connectivity index is 2.35. The molecule has 1 amide bonds. The number of hydrogen-bond donors (Lipinski definition) is 1. The van der Waals surface area contributed by atoms with Crippen LogP contribution in [0.4, 0.5) is 13.2 Å². The maximum absolute atomic E-state index is 13.1. The van der Waals surface area contributed by atoms with Crippen LogP contribution in [0.2, 0.25) is 0 Å². The second-order valence-electron chi connectivity index (χ2n) is 5.72. The van der Waals surface area contributed by atoms with E-state index >= 15 is 0 Å². The zero-order chi connectivity index (χ0) is 16.7. The molecule has 0 saturated carbocycles. The number of hydrogen-bond acceptors (Lipinski definition) is 3. The Kier molecular flexibility index (Phi) is 4.04. The lowest BCUT2D eigenvalue weighted by Crippen LogP contribution is -2.56. The number of aliphatic hydroxyl groups is 1. The van der Waals surface area contributed by atoms with Gasteiger partial charge in [0.25, 0.3) is 11.6 Å². The lowest BCUT2D eigenvalue weighted by atomic mass is 10.0. The average molecular weight is 314 g/mol. The second kappa shape index (κ2) is 5.39. The van der Waals surface area contributed by atoms with E-state index in [0.717, 1.165) is 5.56 Å². The van der Waals surface area contributed by atoms with Crippen molar-refractivity contribution in [2.75, 3.05) is 0 Å². The lowest BCUT2D eigenvalue weighted by Gasteiger charge is -2.32. The van der Waals surface area contributed by atoms with Gasteiger partial charge in [-0.05, 0) is 30.5 Å². The number of halogens is 3. The van der Waals surface area contributed by atoms with Crippen molar-refractivity contribution < 1.29 is 23.1 Å². The van der Waals surface area contributed by atoms with E-state index in [1.165, 1.54) is 19.1 Å². The quantitative estimate of drug-likeness (QED) is 0.911. The summed E-state index contributed by atoms with van der Waals surface area (Å²) in [4.78, 5) is 12.3. The Hall–Kier alpha value is -1.89. The smallest absolute Gasteiger partial charge is 0.362 e. The number of carbonyl (C=O) groups is 1. The molecule has 4 nitrogen and oxygen atoms in total. The van der Waals surface area contributed by atoms with Gasteiger partial charge in [-0.3, -0.25) is 4.79 Å². The minimum Gasteiger partial charge on any atom is -0.362 e. The van der Waals surface area contributed by atoms with Crippen LogP contribution < -0.4 is 0 Å². The summed E-state index contributed by atoms with van der Waals surface area (Å²) >= 11 is 0. The SMILES string of the molecule is CC1=NN(C(=O)c2ccc(C(C)C)cc2)[C@](O)(C(F)(F)F)C1. The van der Waals surface area contributed by atoms with Gasteiger partial charge in [-0.15, -0.1) is 0 Å². The molecule has 0 radical (unpaired) electrons. The zero-order valence-electron chi connectivity index (χ0n) is 12.5. The molecule has 120 valence electrons. The van der Waals surface area contributed by atoms with Crippen LogP contribution in [-0.4, -0.2) is 33.6 Å². The maximum atomic E-state index is 13.1. The number of nitrogens with zero attached hydrogens (tertiary/aromatic N) is 2. The molecule has 1 heterocycles. The zero-order valence-corrected chi connectivity index (χ0v) is 12.5. The number of rotatable bonds is 2. The van der Waals surface area contributed by atoms with E-state index < -0.39 is 24.2 Å². The number of amides is 1. The van der Waals surface area contributed by atoms with Crippen LogP contribution in [-0.2, 0) is 0 Å². The molecule has 1 aromatic rings. The van der Waals surface area contributed by atoms with Crippen molar-refractivity contribution in [1.29, 1.82) is 0 Å². The molecule has 1 N–H and O–H groups in total. The van der Waals surface area contributed by atoms with Gasteiger partial charge >= 0.3 is 6.18 Å². The van der Waals surface area contributed by atoms with Crippen LogP contribution in [0, 0.1) is 0 Å². The predicted octanol–water partition coefficient (Wildman–Crippen LogP) is 3.28. The molecular weight excluding hydrogens is 297 g/mol. The number of benzene rings is 1. The highest BCUT2D eigenvalue weighted by Gasteiger charge is 2.62. The first-order chi connectivity index (χ1) is 10.1. The van der Waals surface area contributed by atoms with Crippen LogP contribution in [0.25, 0.3) is 0 Å².